The Hall–Kier alpha value is 0.234. The standard InChI is InChI=1S/C7H18O3Si.C6H16O2Si/c1-4-5-6-11(7-8,9-2)10-3;1-5-7-9(3,4)8-6-2/h8H,4-7H2,1-3H3;5-6H2,1-4H3. The predicted octanol–water partition coefficient (Wildman–Crippen LogP) is 2.81. The van der Waals surface area contributed by atoms with Crippen LogP contribution in [0.25, 0.3) is 0 Å². The molecule has 0 bridgehead atoms. The molecule has 5 nitrogen and oxygen atoms in total. The van der Waals surface area contributed by atoms with Gasteiger partial charge < -0.3 is 22.8 Å². The molecule has 0 spiro atoms. The summed E-state index contributed by atoms with van der Waals surface area (Å²) in [7, 11) is -0.661. The second kappa shape index (κ2) is 12.9. The summed E-state index contributed by atoms with van der Waals surface area (Å²) >= 11 is 0. The van der Waals surface area contributed by atoms with E-state index in [1.165, 1.54) is 0 Å². The topological polar surface area (TPSA) is 57.2 Å². The third-order valence-electron chi connectivity index (χ3n) is 2.88. The Morgan fingerprint density at radius 1 is 0.900 bits per heavy atom. The first-order chi connectivity index (χ1) is 9.36. The van der Waals surface area contributed by atoms with Gasteiger partial charge in [-0.15, -0.1) is 0 Å². The molecule has 0 amide bonds. The SMILES string of the molecule is CCCC[Si](CO)(OC)OC.CCO[Si](C)(C)OCC. The number of aliphatic hydroxyl groups excluding tert-OH is 1. The summed E-state index contributed by atoms with van der Waals surface area (Å²) in [6, 6.07) is 0.882. The van der Waals surface area contributed by atoms with Gasteiger partial charge in [-0.25, -0.2) is 0 Å². The average Bonchev–Trinajstić information content (AvgIpc) is 2.41. The smallest absolute Gasteiger partial charge is 0.363 e. The van der Waals surface area contributed by atoms with Crippen molar-refractivity contribution in [3.63, 3.8) is 0 Å². The number of hydrogen-bond acceptors (Lipinski definition) is 5. The molecule has 7 heteroatoms. The molecule has 0 aliphatic rings. The minimum Gasteiger partial charge on any atom is -0.396 e. The molecule has 0 saturated carbocycles. The minimum atomic E-state index is -2.18. The van der Waals surface area contributed by atoms with E-state index in [1.807, 2.05) is 13.8 Å². The van der Waals surface area contributed by atoms with Crippen LogP contribution in [0.3, 0.4) is 0 Å². The summed E-state index contributed by atoms with van der Waals surface area (Å²) < 4.78 is 21.2. The number of hydrogen-bond donors (Lipinski definition) is 1. The molecule has 0 aromatic rings. The van der Waals surface area contributed by atoms with Crippen molar-refractivity contribution in [2.75, 3.05) is 33.7 Å². The molecule has 0 saturated heterocycles. The lowest BCUT2D eigenvalue weighted by Crippen LogP contribution is -2.44. The van der Waals surface area contributed by atoms with E-state index in [0.717, 1.165) is 32.1 Å². The Morgan fingerprint density at radius 2 is 1.35 bits per heavy atom. The van der Waals surface area contributed by atoms with Gasteiger partial charge in [-0.05, 0) is 33.0 Å². The first-order valence-electron chi connectivity index (χ1n) is 7.35. The summed E-state index contributed by atoms with van der Waals surface area (Å²) in [6.45, 7) is 11.7. The van der Waals surface area contributed by atoms with Crippen molar-refractivity contribution in [3.8, 4) is 0 Å². The highest BCUT2D eigenvalue weighted by Gasteiger charge is 2.33. The van der Waals surface area contributed by atoms with Crippen LogP contribution in [-0.4, -0.2) is 55.9 Å². The van der Waals surface area contributed by atoms with Crippen molar-refractivity contribution in [2.24, 2.45) is 0 Å². The van der Waals surface area contributed by atoms with Gasteiger partial charge in [0.1, 0.15) is 0 Å². The van der Waals surface area contributed by atoms with E-state index in [0.29, 0.717) is 0 Å². The summed E-state index contributed by atoms with van der Waals surface area (Å²) in [5, 5.41) is 9.01. The lowest BCUT2D eigenvalue weighted by molar-refractivity contribution is 0.195. The molecule has 0 aliphatic carbocycles. The molecule has 0 unspecified atom stereocenters. The Labute approximate surface area is 127 Å². The first kappa shape index (κ1) is 22.5. The van der Waals surface area contributed by atoms with Crippen LogP contribution < -0.4 is 0 Å². The van der Waals surface area contributed by atoms with Crippen molar-refractivity contribution < 1.29 is 22.8 Å². The highest BCUT2D eigenvalue weighted by atomic mass is 28.4. The van der Waals surface area contributed by atoms with Crippen LogP contribution in [0.5, 0.6) is 0 Å². The van der Waals surface area contributed by atoms with Gasteiger partial charge in [0, 0.05) is 27.4 Å². The van der Waals surface area contributed by atoms with Crippen LogP contribution in [-0.2, 0) is 17.7 Å². The molecule has 0 rings (SSSR count). The van der Waals surface area contributed by atoms with Gasteiger partial charge >= 0.3 is 17.1 Å². The lowest BCUT2D eigenvalue weighted by Gasteiger charge is -2.24. The number of unbranched alkanes of at least 4 members (excludes halogenated alkanes) is 1. The van der Waals surface area contributed by atoms with Crippen molar-refractivity contribution >= 4 is 17.1 Å². The summed E-state index contributed by atoms with van der Waals surface area (Å²) in [4.78, 5) is 0. The van der Waals surface area contributed by atoms with Crippen LogP contribution in [0.1, 0.15) is 33.6 Å². The maximum Gasteiger partial charge on any atom is 0.363 e. The van der Waals surface area contributed by atoms with Crippen molar-refractivity contribution in [1.29, 1.82) is 0 Å². The molecule has 124 valence electrons. The second-order valence-corrected chi connectivity index (χ2v) is 11.7. The fourth-order valence-corrected chi connectivity index (χ4v) is 5.04. The van der Waals surface area contributed by atoms with Crippen molar-refractivity contribution in [1.82, 2.24) is 0 Å². The molecule has 0 aromatic carbocycles. The molecule has 20 heavy (non-hydrogen) atoms. The van der Waals surface area contributed by atoms with Crippen molar-refractivity contribution in [3.05, 3.63) is 0 Å². The van der Waals surface area contributed by atoms with Gasteiger partial charge in [-0.2, -0.15) is 0 Å². The monoisotopic (exact) mass is 326 g/mol. The van der Waals surface area contributed by atoms with Crippen LogP contribution in [0.15, 0.2) is 0 Å². The van der Waals surface area contributed by atoms with E-state index in [-0.39, 0.29) is 6.23 Å². The zero-order valence-corrected chi connectivity index (χ0v) is 16.3. The van der Waals surface area contributed by atoms with Gasteiger partial charge in [-0.3, -0.25) is 0 Å². The summed E-state index contributed by atoms with van der Waals surface area (Å²) in [5.41, 5.74) is 0. The largest absolute Gasteiger partial charge is 0.396 e. The summed E-state index contributed by atoms with van der Waals surface area (Å²) in [5.74, 6) is 0. The Kier molecular flexibility index (Phi) is 14.6. The fourth-order valence-electron chi connectivity index (χ4n) is 1.68. The van der Waals surface area contributed by atoms with Crippen LogP contribution in [0.2, 0.25) is 19.1 Å². The maximum absolute atomic E-state index is 9.01. The highest BCUT2D eigenvalue weighted by Crippen LogP contribution is 2.14. The number of aliphatic hydroxyl groups is 1. The lowest BCUT2D eigenvalue weighted by atomic mass is 10.4. The van der Waals surface area contributed by atoms with E-state index < -0.39 is 17.1 Å². The normalized spacial score (nSPS) is 12.0. The van der Waals surface area contributed by atoms with E-state index in [9.17, 15) is 0 Å². The summed E-state index contributed by atoms with van der Waals surface area (Å²) in [6.07, 6.45) is 2.23. The molecular weight excluding hydrogens is 292 g/mol. The molecule has 0 radical (unpaired) electrons. The first-order valence-corrected chi connectivity index (χ1v) is 12.4. The van der Waals surface area contributed by atoms with Gasteiger partial charge in [-0.1, -0.05) is 19.8 Å². The van der Waals surface area contributed by atoms with E-state index in [4.69, 9.17) is 22.8 Å². The number of rotatable bonds is 10. The van der Waals surface area contributed by atoms with Gasteiger partial charge in [0.05, 0.1) is 6.23 Å². The second-order valence-electron chi connectivity index (χ2n) is 4.85. The molecule has 0 aromatic heterocycles. The molecular formula is C13H34O5Si2. The maximum atomic E-state index is 9.01. The molecule has 0 heterocycles. The predicted molar refractivity (Wildman–Crippen MR) is 87.3 cm³/mol. The molecule has 0 fully saturated rings. The molecule has 1 N–H and O–H groups in total. The van der Waals surface area contributed by atoms with Crippen molar-refractivity contribution in [2.45, 2.75) is 52.8 Å². The fraction of sp³-hybridized carbons (Fsp3) is 1.00. The Morgan fingerprint density at radius 3 is 1.60 bits per heavy atom. The highest BCUT2D eigenvalue weighted by molar-refractivity contribution is 6.67. The van der Waals surface area contributed by atoms with Gasteiger partial charge in [0.25, 0.3) is 0 Å². The van der Waals surface area contributed by atoms with E-state index in [2.05, 4.69) is 20.0 Å². The zero-order chi connectivity index (χ0) is 16.1. The van der Waals surface area contributed by atoms with Crippen LogP contribution >= 0.6 is 0 Å². The minimum absolute atomic E-state index is 0.0556. The zero-order valence-electron chi connectivity index (χ0n) is 14.3. The average molecular weight is 327 g/mol. The van der Waals surface area contributed by atoms with Crippen LogP contribution in [0.4, 0.5) is 0 Å². The van der Waals surface area contributed by atoms with Gasteiger partial charge in [0.15, 0.2) is 0 Å². The quantitative estimate of drug-likeness (QED) is 0.626. The van der Waals surface area contributed by atoms with Crippen LogP contribution in [0, 0.1) is 0 Å². The molecule has 0 aliphatic heterocycles. The van der Waals surface area contributed by atoms with E-state index >= 15 is 0 Å². The van der Waals surface area contributed by atoms with E-state index in [1.54, 1.807) is 14.2 Å². The third kappa shape index (κ3) is 11.0. The third-order valence-corrected chi connectivity index (χ3v) is 7.93. The Bertz CT molecular complexity index is 195. The molecule has 0 atom stereocenters. The Balaban J connectivity index is 0. The van der Waals surface area contributed by atoms with Gasteiger partial charge in [0.2, 0.25) is 0 Å².